The average Bonchev–Trinajstić information content (AvgIpc) is 3.05. The average molecular weight is 376 g/mol. The molecular weight excluding hydrogens is 352 g/mol. The predicted molar refractivity (Wildman–Crippen MR) is 100 cm³/mol. The maximum Gasteiger partial charge on any atom is 0.240 e. The van der Waals surface area contributed by atoms with Gasteiger partial charge in [0.1, 0.15) is 6.54 Å². The lowest BCUT2D eigenvalue weighted by molar-refractivity contribution is -0.122. The fourth-order valence-corrected chi connectivity index (χ4v) is 3.07. The van der Waals surface area contributed by atoms with Crippen molar-refractivity contribution in [1.29, 1.82) is 0 Å². The molecule has 1 aromatic carbocycles. The van der Waals surface area contributed by atoms with Crippen LogP contribution in [0.5, 0.6) is 0 Å². The van der Waals surface area contributed by atoms with Crippen LogP contribution in [0.2, 0.25) is 0 Å². The Morgan fingerprint density at radius 3 is 2.65 bits per heavy atom. The Morgan fingerprint density at radius 2 is 1.96 bits per heavy atom. The smallest absolute Gasteiger partial charge is 0.240 e. The molecule has 1 aromatic heterocycles. The van der Waals surface area contributed by atoms with Gasteiger partial charge >= 0.3 is 0 Å². The van der Waals surface area contributed by atoms with E-state index in [9.17, 15) is 14.7 Å². The van der Waals surface area contributed by atoms with E-state index in [1.54, 1.807) is 4.57 Å². The number of rotatable bonds is 10. The van der Waals surface area contributed by atoms with Gasteiger partial charge in [0.2, 0.25) is 11.8 Å². The number of amides is 2. The molecular formula is C18H24N4O3S. The van der Waals surface area contributed by atoms with Crippen molar-refractivity contribution >= 4 is 23.6 Å². The number of carbonyl (C=O) groups excluding carboxylic acids is 2. The molecule has 7 nitrogen and oxygen atoms in total. The molecule has 0 bridgehead atoms. The molecule has 2 amide bonds. The van der Waals surface area contributed by atoms with E-state index in [2.05, 4.69) is 15.6 Å². The number of imidazole rings is 1. The molecule has 0 unspecified atom stereocenters. The van der Waals surface area contributed by atoms with Gasteiger partial charge in [-0.15, -0.1) is 0 Å². The van der Waals surface area contributed by atoms with Gasteiger partial charge in [-0.2, -0.15) is 0 Å². The van der Waals surface area contributed by atoms with Crippen LogP contribution in [0.1, 0.15) is 24.6 Å². The summed E-state index contributed by atoms with van der Waals surface area (Å²) in [6, 6.07) is 9.67. The molecule has 0 radical (unpaired) electrons. The first kappa shape index (κ1) is 20.0. The summed E-state index contributed by atoms with van der Waals surface area (Å²) in [5, 5.41) is 15.6. The van der Waals surface area contributed by atoms with E-state index < -0.39 is 0 Å². The summed E-state index contributed by atoms with van der Waals surface area (Å²) >= 11 is 1.24. The maximum absolute atomic E-state index is 12.0. The molecule has 0 aliphatic rings. The Kier molecular flexibility index (Phi) is 8.17. The lowest BCUT2D eigenvalue weighted by Crippen LogP contribution is -2.29. The van der Waals surface area contributed by atoms with Gasteiger partial charge in [0.05, 0.1) is 24.3 Å². The molecule has 0 aliphatic carbocycles. The van der Waals surface area contributed by atoms with Crippen LogP contribution in [-0.4, -0.2) is 38.8 Å². The van der Waals surface area contributed by atoms with Crippen LogP contribution < -0.4 is 10.6 Å². The number of nitrogens with zero attached hydrogens (tertiary/aromatic N) is 2. The van der Waals surface area contributed by atoms with Crippen LogP contribution in [0.4, 0.5) is 0 Å². The minimum atomic E-state index is -0.213. The highest BCUT2D eigenvalue weighted by Crippen LogP contribution is 2.18. The lowest BCUT2D eigenvalue weighted by Gasteiger charge is -2.11. The second kappa shape index (κ2) is 10.6. The van der Waals surface area contributed by atoms with E-state index in [4.69, 9.17) is 0 Å². The van der Waals surface area contributed by atoms with Gasteiger partial charge in [0, 0.05) is 13.1 Å². The Bertz CT molecular complexity index is 718. The molecule has 3 N–H and O–H groups in total. The van der Waals surface area contributed by atoms with Gasteiger partial charge in [-0.05, 0) is 12.0 Å². The number of aliphatic hydroxyl groups is 1. The number of aliphatic hydroxyl groups excluding tert-OH is 1. The topological polar surface area (TPSA) is 96.2 Å². The minimum absolute atomic E-state index is 0.0733. The van der Waals surface area contributed by atoms with E-state index in [-0.39, 0.29) is 30.7 Å². The van der Waals surface area contributed by atoms with Gasteiger partial charge < -0.3 is 20.3 Å². The van der Waals surface area contributed by atoms with Gasteiger partial charge in [0.25, 0.3) is 0 Å². The van der Waals surface area contributed by atoms with Crippen molar-refractivity contribution in [1.82, 2.24) is 20.2 Å². The van der Waals surface area contributed by atoms with Crippen LogP contribution in [0, 0.1) is 0 Å². The molecule has 0 aliphatic heterocycles. The van der Waals surface area contributed by atoms with E-state index in [0.717, 1.165) is 12.0 Å². The van der Waals surface area contributed by atoms with Gasteiger partial charge in [-0.1, -0.05) is 49.0 Å². The second-order valence-corrected chi connectivity index (χ2v) is 6.62. The molecule has 2 aromatic rings. The first-order valence-corrected chi connectivity index (χ1v) is 9.48. The molecule has 8 heteroatoms. The summed E-state index contributed by atoms with van der Waals surface area (Å²) in [4.78, 5) is 28.2. The molecule has 0 saturated heterocycles. The number of hydrogen-bond acceptors (Lipinski definition) is 5. The van der Waals surface area contributed by atoms with E-state index in [1.807, 2.05) is 37.3 Å². The standard InChI is InChI=1S/C18H24N4O3S/c1-2-8-19-16(24)11-22-15(12-23)10-21-18(22)26-13-17(25)20-9-14-6-4-3-5-7-14/h3-7,10,23H,2,8-9,11-13H2,1H3,(H,19,24)(H,20,25). The summed E-state index contributed by atoms with van der Waals surface area (Å²) in [7, 11) is 0. The summed E-state index contributed by atoms with van der Waals surface area (Å²) in [6.45, 7) is 2.91. The van der Waals surface area contributed by atoms with Crippen molar-refractivity contribution in [2.75, 3.05) is 12.3 Å². The third-order valence-corrected chi connectivity index (χ3v) is 4.59. The number of nitrogens with one attached hydrogen (secondary N) is 2. The molecule has 0 saturated carbocycles. The molecule has 140 valence electrons. The van der Waals surface area contributed by atoms with E-state index in [1.165, 1.54) is 18.0 Å². The van der Waals surface area contributed by atoms with Crippen LogP contribution in [0.15, 0.2) is 41.7 Å². The number of benzene rings is 1. The minimum Gasteiger partial charge on any atom is -0.390 e. The molecule has 2 rings (SSSR count). The van der Waals surface area contributed by atoms with Crippen molar-refractivity contribution in [3.8, 4) is 0 Å². The Hall–Kier alpha value is -2.32. The highest BCUT2D eigenvalue weighted by Gasteiger charge is 2.14. The second-order valence-electron chi connectivity index (χ2n) is 5.68. The van der Waals surface area contributed by atoms with Crippen molar-refractivity contribution in [3.05, 3.63) is 47.8 Å². The van der Waals surface area contributed by atoms with Gasteiger partial charge in [-0.25, -0.2) is 4.98 Å². The monoisotopic (exact) mass is 376 g/mol. The van der Waals surface area contributed by atoms with Gasteiger partial charge in [0.15, 0.2) is 5.16 Å². The van der Waals surface area contributed by atoms with Crippen LogP contribution in [0.25, 0.3) is 0 Å². The van der Waals surface area contributed by atoms with E-state index in [0.29, 0.717) is 23.9 Å². The largest absolute Gasteiger partial charge is 0.390 e. The fraction of sp³-hybridized carbons (Fsp3) is 0.389. The number of aromatic nitrogens is 2. The summed E-state index contributed by atoms with van der Waals surface area (Å²) in [5.41, 5.74) is 1.58. The van der Waals surface area contributed by atoms with Crippen LogP contribution in [-0.2, 0) is 29.3 Å². The van der Waals surface area contributed by atoms with Crippen molar-refractivity contribution in [2.24, 2.45) is 0 Å². The third kappa shape index (κ3) is 6.20. The molecule has 0 atom stereocenters. The third-order valence-electron chi connectivity index (χ3n) is 3.60. The van der Waals surface area contributed by atoms with Crippen LogP contribution >= 0.6 is 11.8 Å². The van der Waals surface area contributed by atoms with Crippen molar-refractivity contribution in [2.45, 2.75) is 38.2 Å². The fourth-order valence-electron chi connectivity index (χ4n) is 2.24. The normalized spacial score (nSPS) is 10.5. The Morgan fingerprint density at radius 1 is 1.19 bits per heavy atom. The zero-order chi connectivity index (χ0) is 18.8. The molecule has 26 heavy (non-hydrogen) atoms. The molecule has 0 spiro atoms. The predicted octanol–water partition coefficient (Wildman–Crippen LogP) is 1.31. The number of carbonyl (C=O) groups is 2. The highest BCUT2D eigenvalue weighted by atomic mass is 32.2. The first-order valence-electron chi connectivity index (χ1n) is 8.49. The summed E-state index contributed by atoms with van der Waals surface area (Å²) in [6.07, 6.45) is 2.38. The Balaban J connectivity index is 1.89. The molecule has 1 heterocycles. The number of hydrogen-bond donors (Lipinski definition) is 3. The Labute approximate surface area is 157 Å². The van der Waals surface area contributed by atoms with Gasteiger partial charge in [-0.3, -0.25) is 9.59 Å². The van der Waals surface area contributed by atoms with Crippen LogP contribution in [0.3, 0.4) is 0 Å². The first-order chi connectivity index (χ1) is 12.6. The lowest BCUT2D eigenvalue weighted by atomic mass is 10.2. The van der Waals surface area contributed by atoms with Crippen molar-refractivity contribution in [3.63, 3.8) is 0 Å². The zero-order valence-corrected chi connectivity index (χ0v) is 15.6. The zero-order valence-electron chi connectivity index (χ0n) is 14.8. The highest BCUT2D eigenvalue weighted by molar-refractivity contribution is 7.99. The van der Waals surface area contributed by atoms with Crippen molar-refractivity contribution < 1.29 is 14.7 Å². The SMILES string of the molecule is CCCNC(=O)Cn1c(CO)cnc1SCC(=O)NCc1ccccc1. The summed E-state index contributed by atoms with van der Waals surface area (Å²) in [5.74, 6) is -0.0741. The molecule has 0 fully saturated rings. The summed E-state index contributed by atoms with van der Waals surface area (Å²) < 4.78 is 1.64. The maximum atomic E-state index is 12.0. The number of thioether (sulfide) groups is 1. The van der Waals surface area contributed by atoms with E-state index >= 15 is 0 Å². The quantitative estimate of drug-likeness (QED) is 0.544.